The molecule has 12 nitrogen and oxygen atoms in total. The lowest BCUT2D eigenvalue weighted by Gasteiger charge is -2.19. The van der Waals surface area contributed by atoms with Crippen molar-refractivity contribution in [2.75, 3.05) is 18.4 Å². The molecular weight excluding hydrogens is 641 g/mol. The van der Waals surface area contributed by atoms with Crippen molar-refractivity contribution in [2.24, 2.45) is 0 Å². The normalized spacial score (nSPS) is 11.8. The van der Waals surface area contributed by atoms with Crippen LogP contribution in [0.15, 0.2) is 54.2 Å². The van der Waals surface area contributed by atoms with Gasteiger partial charge < -0.3 is 20.7 Å². The van der Waals surface area contributed by atoms with Gasteiger partial charge in [-0.3, -0.25) is 19.4 Å². The third-order valence-corrected chi connectivity index (χ3v) is 9.98. The minimum absolute atomic E-state index is 0.0755. The number of amides is 2. The van der Waals surface area contributed by atoms with Gasteiger partial charge >= 0.3 is 5.97 Å². The van der Waals surface area contributed by atoms with E-state index in [1.807, 2.05) is 62.5 Å². The Morgan fingerprint density at radius 3 is 2.43 bits per heavy atom. The molecule has 3 heterocycles. The maximum atomic E-state index is 12.8. The summed E-state index contributed by atoms with van der Waals surface area (Å²) in [6, 6.07) is 11.7. The molecule has 2 amide bonds. The van der Waals surface area contributed by atoms with Gasteiger partial charge in [0, 0.05) is 35.6 Å². The smallest absolute Gasteiger partial charge is 0.320 e. The highest BCUT2D eigenvalue weighted by Crippen LogP contribution is 2.29. The fraction of sp³-hybridized carbons (Fsp3) is 0.364. The van der Waals surface area contributed by atoms with Crippen molar-refractivity contribution in [3.63, 3.8) is 0 Å². The van der Waals surface area contributed by atoms with Gasteiger partial charge in [0.25, 0.3) is 5.91 Å². The molecule has 250 valence electrons. The number of nitrogens with one attached hydrogen (secondary N) is 3. The van der Waals surface area contributed by atoms with Crippen molar-refractivity contribution < 1.29 is 27.5 Å². The highest BCUT2D eigenvalue weighted by atomic mass is 32.2. The second-order valence-corrected chi connectivity index (χ2v) is 15.4. The van der Waals surface area contributed by atoms with Crippen LogP contribution in [-0.2, 0) is 30.9 Å². The highest BCUT2D eigenvalue weighted by molar-refractivity contribution is 7.90. The first-order valence-corrected chi connectivity index (χ1v) is 17.4. The van der Waals surface area contributed by atoms with Crippen LogP contribution in [0, 0.1) is 13.8 Å². The van der Waals surface area contributed by atoms with E-state index in [1.54, 1.807) is 33.9 Å². The van der Waals surface area contributed by atoms with Crippen LogP contribution in [-0.4, -0.2) is 64.1 Å². The van der Waals surface area contributed by atoms with Crippen molar-refractivity contribution >= 4 is 44.3 Å². The predicted molar refractivity (Wildman–Crippen MR) is 183 cm³/mol. The average molecular weight is 681 g/mol. The van der Waals surface area contributed by atoms with Crippen LogP contribution in [0.2, 0.25) is 0 Å². The standard InChI is InChI=1S/C33H40N6O6S2/c1-20(2)47(43,44)39-18-27(21(3)22(39)4)31(42)36-16-29(40)38-32-37-28(19-46-32)25-10-8-9-23(13-25)24-11-12-35-26(14-24)15-34-17-30(41)45-33(5,6)7/h8-14,18-20,34H,15-17H2,1-7H3,(H,36,42)(H,37,38,40). The van der Waals surface area contributed by atoms with E-state index in [9.17, 15) is 22.8 Å². The SMILES string of the molecule is Cc1c(C(=O)NCC(=O)Nc2nc(-c3cccc(-c4ccnc(CNCC(=O)OC(C)(C)C)c4)c3)cs2)cn(S(=O)(=O)C(C)C)c1C. The van der Waals surface area contributed by atoms with E-state index >= 15 is 0 Å². The zero-order chi connectivity index (χ0) is 34.5. The quantitative estimate of drug-likeness (QED) is 0.181. The van der Waals surface area contributed by atoms with E-state index in [0.717, 1.165) is 26.4 Å². The molecule has 0 saturated heterocycles. The van der Waals surface area contributed by atoms with Crippen molar-refractivity contribution in [3.05, 3.63) is 76.7 Å². The van der Waals surface area contributed by atoms with E-state index in [4.69, 9.17) is 4.74 Å². The van der Waals surface area contributed by atoms with Crippen LogP contribution in [0.3, 0.4) is 0 Å². The average Bonchev–Trinajstić information content (AvgIpc) is 3.59. The Morgan fingerprint density at radius 1 is 1.02 bits per heavy atom. The molecule has 0 spiro atoms. The lowest BCUT2D eigenvalue weighted by atomic mass is 10.0. The van der Waals surface area contributed by atoms with Crippen molar-refractivity contribution in [2.45, 2.75) is 65.9 Å². The van der Waals surface area contributed by atoms with Gasteiger partial charge in [-0.25, -0.2) is 17.4 Å². The van der Waals surface area contributed by atoms with Gasteiger partial charge in [0.1, 0.15) is 5.60 Å². The molecule has 3 N–H and O–H groups in total. The number of pyridine rings is 1. The van der Waals surface area contributed by atoms with Gasteiger partial charge in [-0.15, -0.1) is 11.3 Å². The van der Waals surface area contributed by atoms with Gasteiger partial charge in [0.2, 0.25) is 15.9 Å². The number of ether oxygens (including phenoxy) is 1. The molecule has 14 heteroatoms. The number of hydrogen-bond donors (Lipinski definition) is 3. The van der Waals surface area contributed by atoms with Gasteiger partial charge in [-0.1, -0.05) is 18.2 Å². The third-order valence-electron chi connectivity index (χ3n) is 7.10. The minimum Gasteiger partial charge on any atom is -0.459 e. The summed E-state index contributed by atoms with van der Waals surface area (Å²) < 4.78 is 31.7. The molecule has 0 saturated carbocycles. The second kappa shape index (κ2) is 14.6. The number of rotatable bonds is 12. The summed E-state index contributed by atoms with van der Waals surface area (Å²) >= 11 is 1.25. The molecular formula is C33H40N6O6S2. The maximum Gasteiger partial charge on any atom is 0.320 e. The second-order valence-electron chi connectivity index (χ2n) is 12.2. The Bertz CT molecular complexity index is 1890. The molecule has 0 atom stereocenters. The van der Waals surface area contributed by atoms with Gasteiger partial charge in [-0.2, -0.15) is 0 Å². The van der Waals surface area contributed by atoms with Crippen molar-refractivity contribution in [3.8, 4) is 22.4 Å². The van der Waals surface area contributed by atoms with Gasteiger partial charge in [-0.05, 0) is 83.4 Å². The Labute approximate surface area is 279 Å². The zero-order valence-corrected chi connectivity index (χ0v) is 29.1. The first-order valence-electron chi connectivity index (χ1n) is 15.0. The number of esters is 1. The zero-order valence-electron chi connectivity index (χ0n) is 27.5. The molecule has 4 rings (SSSR count). The monoisotopic (exact) mass is 680 g/mol. The first-order chi connectivity index (χ1) is 22.0. The first kappa shape index (κ1) is 35.5. The number of nitrogens with zero attached hydrogens (tertiary/aromatic N) is 3. The predicted octanol–water partition coefficient (Wildman–Crippen LogP) is 4.68. The number of carbonyl (C=O) groups excluding carboxylic acids is 3. The highest BCUT2D eigenvalue weighted by Gasteiger charge is 2.25. The molecule has 0 bridgehead atoms. The summed E-state index contributed by atoms with van der Waals surface area (Å²) in [4.78, 5) is 46.4. The Kier molecular flexibility index (Phi) is 11.0. The van der Waals surface area contributed by atoms with E-state index in [1.165, 1.54) is 17.5 Å². The fourth-order valence-corrected chi connectivity index (χ4v) is 6.52. The van der Waals surface area contributed by atoms with Crippen LogP contribution < -0.4 is 16.0 Å². The van der Waals surface area contributed by atoms with Crippen LogP contribution in [0.5, 0.6) is 0 Å². The Morgan fingerprint density at radius 2 is 1.72 bits per heavy atom. The fourth-order valence-electron chi connectivity index (χ4n) is 4.56. The van der Waals surface area contributed by atoms with Crippen LogP contribution in [0.25, 0.3) is 22.4 Å². The molecule has 0 fully saturated rings. The van der Waals surface area contributed by atoms with Crippen LogP contribution in [0.1, 0.15) is 61.9 Å². The van der Waals surface area contributed by atoms with E-state index in [0.29, 0.717) is 28.6 Å². The number of thiazole rings is 1. The lowest BCUT2D eigenvalue weighted by Crippen LogP contribution is -2.33. The molecule has 4 aromatic rings. The molecule has 3 aromatic heterocycles. The number of aromatic nitrogens is 3. The van der Waals surface area contributed by atoms with Gasteiger partial charge in [0.05, 0.1) is 35.3 Å². The molecule has 0 aliphatic rings. The van der Waals surface area contributed by atoms with E-state index in [2.05, 4.69) is 25.9 Å². The molecule has 1 aromatic carbocycles. The number of anilines is 1. The van der Waals surface area contributed by atoms with E-state index in [-0.39, 0.29) is 24.6 Å². The summed E-state index contributed by atoms with van der Waals surface area (Å²) in [7, 11) is -3.64. The Hall–Kier alpha value is -4.40. The van der Waals surface area contributed by atoms with E-state index < -0.39 is 32.7 Å². The molecule has 0 unspecified atom stereocenters. The number of hydrogen-bond acceptors (Lipinski definition) is 10. The summed E-state index contributed by atoms with van der Waals surface area (Å²) in [5, 5.41) is 9.88. The summed E-state index contributed by atoms with van der Waals surface area (Å²) in [5.74, 6) is -1.35. The third kappa shape index (κ3) is 9.11. The summed E-state index contributed by atoms with van der Waals surface area (Å²) in [6.07, 6.45) is 3.01. The molecule has 0 aliphatic heterocycles. The van der Waals surface area contributed by atoms with Crippen molar-refractivity contribution in [1.29, 1.82) is 0 Å². The number of carbonyl (C=O) groups is 3. The molecule has 47 heavy (non-hydrogen) atoms. The largest absolute Gasteiger partial charge is 0.459 e. The van der Waals surface area contributed by atoms with Crippen LogP contribution in [0.4, 0.5) is 5.13 Å². The molecule has 0 aliphatic carbocycles. The Balaban J connectivity index is 1.35. The van der Waals surface area contributed by atoms with Gasteiger partial charge in [0.15, 0.2) is 5.13 Å². The van der Waals surface area contributed by atoms with Crippen LogP contribution >= 0.6 is 11.3 Å². The minimum atomic E-state index is -3.64. The molecule has 0 radical (unpaired) electrons. The topological polar surface area (TPSA) is 161 Å². The lowest BCUT2D eigenvalue weighted by molar-refractivity contribution is -0.153. The van der Waals surface area contributed by atoms with Crippen molar-refractivity contribution in [1.82, 2.24) is 24.6 Å². The maximum absolute atomic E-state index is 12.8. The summed E-state index contributed by atoms with van der Waals surface area (Å²) in [5.41, 5.74) is 4.79. The summed E-state index contributed by atoms with van der Waals surface area (Å²) in [6.45, 7) is 12.1. The number of benzene rings is 1.